The number of benzene rings is 1. The van der Waals surface area contributed by atoms with Crippen molar-refractivity contribution in [3.63, 3.8) is 0 Å². The van der Waals surface area contributed by atoms with E-state index in [1.807, 2.05) is 0 Å². The lowest BCUT2D eigenvalue weighted by molar-refractivity contribution is 0.573. The molecular weight excluding hydrogens is 245 g/mol. The minimum absolute atomic E-state index is 0.148. The first kappa shape index (κ1) is 13.6. The van der Waals surface area contributed by atoms with E-state index in [2.05, 4.69) is 4.72 Å². The summed E-state index contributed by atoms with van der Waals surface area (Å²) in [5, 5.41) is 7.12. The predicted octanol–water partition coefficient (Wildman–Crippen LogP) is 0.737. The van der Waals surface area contributed by atoms with E-state index in [1.165, 1.54) is 19.1 Å². The molecule has 0 heterocycles. The Hall–Kier alpha value is -1.47. The summed E-state index contributed by atoms with van der Waals surface area (Å²) in [5.74, 6) is -0.936. The van der Waals surface area contributed by atoms with Gasteiger partial charge in [-0.3, -0.25) is 5.41 Å². The number of hydrogen-bond acceptors (Lipinski definition) is 3. The molecule has 0 radical (unpaired) electrons. The van der Waals surface area contributed by atoms with Crippen LogP contribution in [-0.2, 0) is 10.0 Å². The molecule has 0 aliphatic carbocycles. The fourth-order valence-electron chi connectivity index (χ4n) is 1.22. The van der Waals surface area contributed by atoms with E-state index in [0.29, 0.717) is 5.56 Å². The van der Waals surface area contributed by atoms with E-state index < -0.39 is 21.9 Å². The van der Waals surface area contributed by atoms with Crippen molar-refractivity contribution >= 4 is 15.9 Å². The number of rotatable bonds is 4. The molecule has 1 atom stereocenters. The smallest absolute Gasteiger partial charge is 0.241 e. The van der Waals surface area contributed by atoms with Gasteiger partial charge in [0, 0.05) is 0 Å². The zero-order valence-corrected chi connectivity index (χ0v) is 10.3. The van der Waals surface area contributed by atoms with Gasteiger partial charge in [0.2, 0.25) is 10.0 Å². The summed E-state index contributed by atoms with van der Waals surface area (Å²) in [6.07, 6.45) is 0. The minimum atomic E-state index is -3.87. The maximum atomic E-state index is 13.0. The second-order valence-corrected chi connectivity index (χ2v) is 5.39. The normalized spacial score (nSPS) is 13.4. The maximum absolute atomic E-state index is 13.0. The molecule has 0 aliphatic heterocycles. The van der Waals surface area contributed by atoms with Gasteiger partial charge in [-0.2, -0.15) is 0 Å². The van der Waals surface area contributed by atoms with Gasteiger partial charge < -0.3 is 5.73 Å². The highest BCUT2D eigenvalue weighted by atomic mass is 32.2. The summed E-state index contributed by atoms with van der Waals surface area (Å²) in [7, 11) is -3.87. The van der Waals surface area contributed by atoms with E-state index in [0.717, 1.165) is 6.07 Å². The van der Waals surface area contributed by atoms with Crippen LogP contribution in [-0.4, -0.2) is 20.3 Å². The summed E-state index contributed by atoms with van der Waals surface area (Å²) in [6, 6.07) is 2.66. The van der Waals surface area contributed by atoms with Crippen molar-refractivity contribution in [2.45, 2.75) is 24.8 Å². The topological polar surface area (TPSA) is 96.0 Å². The Morgan fingerprint density at radius 1 is 1.53 bits per heavy atom. The van der Waals surface area contributed by atoms with Crippen molar-refractivity contribution in [1.29, 1.82) is 5.41 Å². The molecule has 1 aromatic carbocycles. The summed E-state index contributed by atoms with van der Waals surface area (Å²) >= 11 is 0. The molecule has 5 nitrogen and oxygen atoms in total. The van der Waals surface area contributed by atoms with Gasteiger partial charge >= 0.3 is 0 Å². The highest BCUT2D eigenvalue weighted by molar-refractivity contribution is 7.89. The minimum Gasteiger partial charge on any atom is -0.386 e. The quantitative estimate of drug-likeness (QED) is 0.549. The molecule has 0 aliphatic rings. The Labute approximate surface area is 99.4 Å². The zero-order valence-electron chi connectivity index (χ0n) is 9.49. The first-order valence-corrected chi connectivity index (χ1v) is 6.35. The standard InChI is InChI=1S/C10H14FN3O2S/c1-6-3-4-8(11)5-9(6)17(15,16)14-7(2)10(12)13/h3-5,7,14H,1-2H3,(H3,12,13). The molecule has 17 heavy (non-hydrogen) atoms. The first-order valence-electron chi connectivity index (χ1n) is 4.86. The molecule has 1 rings (SSSR count). The number of aryl methyl sites for hydroxylation is 1. The molecular formula is C10H14FN3O2S. The summed E-state index contributed by atoms with van der Waals surface area (Å²) in [5.41, 5.74) is 5.60. The monoisotopic (exact) mass is 259 g/mol. The lowest BCUT2D eigenvalue weighted by Crippen LogP contribution is -2.41. The molecule has 0 saturated heterocycles. The SMILES string of the molecule is Cc1ccc(F)cc1S(=O)(=O)NC(C)C(=N)N. The third-order valence-electron chi connectivity index (χ3n) is 2.24. The van der Waals surface area contributed by atoms with E-state index in [4.69, 9.17) is 11.1 Å². The number of sulfonamides is 1. The van der Waals surface area contributed by atoms with E-state index in [-0.39, 0.29) is 10.7 Å². The fraction of sp³-hybridized carbons (Fsp3) is 0.300. The van der Waals surface area contributed by atoms with Crippen LogP contribution in [0.5, 0.6) is 0 Å². The van der Waals surface area contributed by atoms with Crippen molar-refractivity contribution in [1.82, 2.24) is 4.72 Å². The second-order valence-electron chi connectivity index (χ2n) is 3.71. The van der Waals surface area contributed by atoms with Gasteiger partial charge in [-0.1, -0.05) is 6.07 Å². The average Bonchev–Trinajstić information content (AvgIpc) is 2.20. The second kappa shape index (κ2) is 4.80. The van der Waals surface area contributed by atoms with Crippen LogP contribution in [0.2, 0.25) is 0 Å². The van der Waals surface area contributed by atoms with Crippen molar-refractivity contribution in [2.24, 2.45) is 5.73 Å². The largest absolute Gasteiger partial charge is 0.386 e. The number of halogens is 1. The summed E-state index contributed by atoms with van der Waals surface area (Å²) in [4.78, 5) is -0.148. The predicted molar refractivity (Wildman–Crippen MR) is 62.8 cm³/mol. The highest BCUT2D eigenvalue weighted by Crippen LogP contribution is 2.16. The molecule has 0 bridgehead atoms. The van der Waals surface area contributed by atoms with Crippen LogP contribution in [0.15, 0.2) is 23.1 Å². The molecule has 1 aromatic rings. The van der Waals surface area contributed by atoms with Crippen LogP contribution in [0.1, 0.15) is 12.5 Å². The van der Waals surface area contributed by atoms with E-state index >= 15 is 0 Å². The summed E-state index contributed by atoms with van der Waals surface area (Å²) < 4.78 is 39.0. The lowest BCUT2D eigenvalue weighted by Gasteiger charge is -2.14. The number of amidine groups is 1. The van der Waals surface area contributed by atoms with Crippen LogP contribution in [0, 0.1) is 18.2 Å². The van der Waals surface area contributed by atoms with Gasteiger partial charge in [-0.05, 0) is 31.5 Å². The first-order chi connectivity index (χ1) is 7.74. The Kier molecular flexibility index (Phi) is 3.84. The van der Waals surface area contributed by atoms with Gasteiger partial charge in [0.05, 0.1) is 10.9 Å². The van der Waals surface area contributed by atoms with Crippen LogP contribution in [0.25, 0.3) is 0 Å². The highest BCUT2D eigenvalue weighted by Gasteiger charge is 2.21. The van der Waals surface area contributed by atoms with Crippen LogP contribution in [0.3, 0.4) is 0 Å². The van der Waals surface area contributed by atoms with Crippen molar-refractivity contribution in [3.05, 3.63) is 29.6 Å². The van der Waals surface area contributed by atoms with Crippen molar-refractivity contribution in [2.75, 3.05) is 0 Å². The third kappa shape index (κ3) is 3.24. The summed E-state index contributed by atoms with van der Waals surface area (Å²) in [6.45, 7) is 3.00. The molecule has 0 amide bonds. The van der Waals surface area contributed by atoms with Gasteiger partial charge in [-0.25, -0.2) is 17.5 Å². The third-order valence-corrected chi connectivity index (χ3v) is 3.92. The molecule has 0 fully saturated rings. The van der Waals surface area contributed by atoms with Gasteiger partial charge in [0.1, 0.15) is 11.7 Å². The van der Waals surface area contributed by atoms with Crippen molar-refractivity contribution in [3.8, 4) is 0 Å². The van der Waals surface area contributed by atoms with Crippen LogP contribution in [0.4, 0.5) is 4.39 Å². The average molecular weight is 259 g/mol. The number of hydrogen-bond donors (Lipinski definition) is 3. The van der Waals surface area contributed by atoms with E-state index in [1.54, 1.807) is 6.92 Å². The van der Waals surface area contributed by atoms with Crippen LogP contribution < -0.4 is 10.5 Å². The molecule has 0 aromatic heterocycles. The lowest BCUT2D eigenvalue weighted by atomic mass is 10.2. The Morgan fingerprint density at radius 3 is 2.65 bits per heavy atom. The Balaban J connectivity index is 3.13. The van der Waals surface area contributed by atoms with E-state index in [9.17, 15) is 12.8 Å². The van der Waals surface area contributed by atoms with Gasteiger partial charge in [0.15, 0.2) is 0 Å². The fourth-order valence-corrected chi connectivity index (χ4v) is 2.70. The molecule has 4 N–H and O–H groups in total. The van der Waals surface area contributed by atoms with Gasteiger partial charge in [0.25, 0.3) is 0 Å². The molecule has 1 unspecified atom stereocenters. The molecule has 0 saturated carbocycles. The Morgan fingerprint density at radius 2 is 2.12 bits per heavy atom. The zero-order chi connectivity index (χ0) is 13.2. The molecule has 7 heteroatoms. The Bertz CT molecular complexity index is 542. The molecule has 0 spiro atoms. The van der Waals surface area contributed by atoms with Crippen LogP contribution >= 0.6 is 0 Å². The number of nitrogens with one attached hydrogen (secondary N) is 2. The van der Waals surface area contributed by atoms with Gasteiger partial charge in [-0.15, -0.1) is 0 Å². The van der Waals surface area contributed by atoms with Crippen molar-refractivity contribution < 1.29 is 12.8 Å². The maximum Gasteiger partial charge on any atom is 0.241 e. The number of nitrogens with two attached hydrogens (primary N) is 1. The molecule has 94 valence electrons.